The van der Waals surface area contributed by atoms with Crippen molar-refractivity contribution in [2.45, 2.75) is 46.6 Å². The van der Waals surface area contributed by atoms with Crippen LogP contribution in [-0.4, -0.2) is 22.4 Å². The third-order valence-corrected chi connectivity index (χ3v) is 3.49. The topological polar surface area (TPSA) is 83.8 Å². The Balaban J connectivity index is 2.31. The molecular weight excluding hydrogens is 240 g/mol. The van der Waals surface area contributed by atoms with Gasteiger partial charge in [-0.3, -0.25) is 4.79 Å². The molecule has 1 heterocycles. The van der Waals surface area contributed by atoms with Crippen molar-refractivity contribution in [2.75, 3.05) is 6.54 Å². The minimum Gasteiger partial charge on any atom is -0.350 e. The van der Waals surface area contributed by atoms with E-state index >= 15 is 0 Å². The van der Waals surface area contributed by atoms with Gasteiger partial charge in [-0.05, 0) is 30.7 Å². The normalized spacial score (nSPS) is 13.3. The summed E-state index contributed by atoms with van der Waals surface area (Å²) < 4.78 is 0. The molecule has 5 heteroatoms. The predicted octanol–water partition coefficient (Wildman–Crippen LogP) is 1.82. The summed E-state index contributed by atoms with van der Waals surface area (Å²) in [5, 5.41) is 2.89. The molecular formula is C14H26N4O. The molecule has 5 nitrogen and oxygen atoms in total. The summed E-state index contributed by atoms with van der Waals surface area (Å²) in [6, 6.07) is 0. The highest BCUT2D eigenvalue weighted by Crippen LogP contribution is 2.31. The Kier molecular flexibility index (Phi) is 6.02. The first kappa shape index (κ1) is 15.7. The second-order valence-corrected chi connectivity index (χ2v) is 6.03. The Morgan fingerprint density at radius 1 is 1.47 bits per heavy atom. The summed E-state index contributed by atoms with van der Waals surface area (Å²) in [7, 11) is 0. The first-order valence-electron chi connectivity index (χ1n) is 6.87. The van der Waals surface area contributed by atoms with E-state index in [0.29, 0.717) is 25.4 Å². The molecule has 1 unspecified atom stereocenters. The maximum atomic E-state index is 11.8. The molecule has 4 N–H and O–H groups in total. The highest BCUT2D eigenvalue weighted by molar-refractivity contribution is 5.75. The van der Waals surface area contributed by atoms with Crippen LogP contribution in [0, 0.1) is 11.3 Å². The number of aromatic nitrogens is 2. The maximum Gasteiger partial charge on any atom is 0.220 e. The van der Waals surface area contributed by atoms with Gasteiger partial charge in [0, 0.05) is 12.6 Å². The molecule has 1 amide bonds. The van der Waals surface area contributed by atoms with E-state index in [-0.39, 0.29) is 11.3 Å². The fraction of sp³-hybridized carbons (Fsp3) is 0.714. The number of carbonyl (C=O) groups is 1. The first-order chi connectivity index (χ1) is 8.93. The molecule has 0 aliphatic rings. The second-order valence-electron chi connectivity index (χ2n) is 6.03. The Hall–Kier alpha value is -1.36. The minimum atomic E-state index is 0.0841. The number of imidazole rings is 1. The van der Waals surface area contributed by atoms with Crippen molar-refractivity contribution < 1.29 is 4.79 Å². The van der Waals surface area contributed by atoms with Crippen molar-refractivity contribution in [3.63, 3.8) is 0 Å². The lowest BCUT2D eigenvalue weighted by Gasteiger charge is -2.30. The van der Waals surface area contributed by atoms with E-state index < -0.39 is 0 Å². The van der Waals surface area contributed by atoms with Crippen LogP contribution in [0.5, 0.6) is 0 Å². The Morgan fingerprint density at radius 2 is 2.21 bits per heavy atom. The van der Waals surface area contributed by atoms with Gasteiger partial charge in [0.1, 0.15) is 0 Å². The van der Waals surface area contributed by atoms with Gasteiger partial charge in [0.2, 0.25) is 5.91 Å². The fourth-order valence-corrected chi connectivity index (χ4v) is 2.18. The number of nitrogens with two attached hydrogens (primary N) is 1. The number of H-pyrrole nitrogens is 1. The molecule has 0 saturated heterocycles. The number of aromatic amines is 1. The number of amides is 1. The molecule has 0 bridgehead atoms. The third kappa shape index (κ3) is 5.87. The van der Waals surface area contributed by atoms with Crippen LogP contribution in [0.2, 0.25) is 0 Å². The van der Waals surface area contributed by atoms with Crippen molar-refractivity contribution >= 4 is 5.91 Å². The molecule has 19 heavy (non-hydrogen) atoms. The molecule has 0 aliphatic heterocycles. The van der Waals surface area contributed by atoms with E-state index in [1.807, 2.05) is 0 Å². The summed E-state index contributed by atoms with van der Waals surface area (Å²) in [6.45, 7) is 7.80. The van der Waals surface area contributed by atoms with Crippen LogP contribution >= 0.6 is 0 Å². The van der Waals surface area contributed by atoms with Crippen LogP contribution in [-0.2, 0) is 11.3 Å². The summed E-state index contributed by atoms with van der Waals surface area (Å²) >= 11 is 0. The number of nitrogens with one attached hydrogen (secondary N) is 2. The van der Waals surface area contributed by atoms with Gasteiger partial charge in [-0.15, -0.1) is 0 Å². The molecule has 108 valence electrons. The fourth-order valence-electron chi connectivity index (χ4n) is 2.18. The summed E-state index contributed by atoms with van der Waals surface area (Å²) in [4.78, 5) is 18.7. The summed E-state index contributed by atoms with van der Waals surface area (Å²) in [5.74, 6) is 0.566. The average molecular weight is 266 g/mol. The van der Waals surface area contributed by atoms with Crippen molar-refractivity contribution in [3.05, 3.63) is 18.2 Å². The van der Waals surface area contributed by atoms with Gasteiger partial charge < -0.3 is 16.0 Å². The van der Waals surface area contributed by atoms with Crippen LogP contribution in [0.1, 0.15) is 45.7 Å². The van der Waals surface area contributed by atoms with Crippen LogP contribution in [0.3, 0.4) is 0 Å². The lowest BCUT2D eigenvalue weighted by atomic mass is 9.76. The molecule has 1 rings (SSSR count). The number of hydrogen-bond donors (Lipinski definition) is 3. The number of nitrogens with zero attached hydrogens (tertiary/aromatic N) is 1. The Labute approximate surface area is 115 Å². The van der Waals surface area contributed by atoms with Gasteiger partial charge in [0.05, 0.1) is 18.6 Å². The molecule has 0 fully saturated rings. The lowest BCUT2D eigenvalue weighted by Crippen LogP contribution is -2.27. The van der Waals surface area contributed by atoms with Crippen LogP contribution < -0.4 is 11.1 Å². The zero-order valence-electron chi connectivity index (χ0n) is 12.2. The van der Waals surface area contributed by atoms with Crippen LogP contribution in [0.15, 0.2) is 12.5 Å². The molecule has 1 aromatic heterocycles. The lowest BCUT2D eigenvalue weighted by molar-refractivity contribution is -0.121. The van der Waals surface area contributed by atoms with Gasteiger partial charge in [-0.2, -0.15) is 0 Å². The maximum absolute atomic E-state index is 11.8. The quantitative estimate of drug-likeness (QED) is 0.704. The SMILES string of the molecule is CC(C)(C)C(CCN)CCC(=O)NCc1cnc[nH]1. The average Bonchev–Trinajstić information content (AvgIpc) is 2.83. The van der Waals surface area contributed by atoms with E-state index in [4.69, 9.17) is 5.73 Å². The molecule has 0 aromatic carbocycles. The van der Waals surface area contributed by atoms with E-state index in [9.17, 15) is 4.79 Å². The highest BCUT2D eigenvalue weighted by atomic mass is 16.1. The van der Waals surface area contributed by atoms with Gasteiger partial charge in [0.25, 0.3) is 0 Å². The second kappa shape index (κ2) is 7.28. The van der Waals surface area contributed by atoms with Gasteiger partial charge in [-0.1, -0.05) is 20.8 Å². The van der Waals surface area contributed by atoms with Gasteiger partial charge >= 0.3 is 0 Å². The van der Waals surface area contributed by atoms with Crippen molar-refractivity contribution in [3.8, 4) is 0 Å². The van der Waals surface area contributed by atoms with Crippen molar-refractivity contribution in [1.82, 2.24) is 15.3 Å². The standard InChI is InChI=1S/C14H26N4O/c1-14(2,3)11(6-7-15)4-5-13(19)17-9-12-8-16-10-18-12/h8,10-11H,4-7,9,15H2,1-3H3,(H,16,18)(H,17,19). The number of rotatable bonds is 7. The molecule has 1 aromatic rings. The molecule has 0 aliphatic carbocycles. The van der Waals surface area contributed by atoms with Crippen molar-refractivity contribution in [2.24, 2.45) is 17.1 Å². The van der Waals surface area contributed by atoms with E-state index in [0.717, 1.165) is 18.5 Å². The summed E-state index contributed by atoms with van der Waals surface area (Å²) in [6.07, 6.45) is 5.73. The summed E-state index contributed by atoms with van der Waals surface area (Å²) in [5.41, 5.74) is 6.76. The predicted molar refractivity (Wildman–Crippen MR) is 76.3 cm³/mol. The van der Waals surface area contributed by atoms with Gasteiger partial charge in [-0.25, -0.2) is 4.98 Å². The molecule has 1 atom stereocenters. The van der Waals surface area contributed by atoms with E-state index in [1.54, 1.807) is 12.5 Å². The van der Waals surface area contributed by atoms with Crippen LogP contribution in [0.25, 0.3) is 0 Å². The first-order valence-corrected chi connectivity index (χ1v) is 6.87. The Bertz CT molecular complexity index is 367. The monoisotopic (exact) mass is 266 g/mol. The molecule has 0 radical (unpaired) electrons. The van der Waals surface area contributed by atoms with Crippen LogP contribution in [0.4, 0.5) is 0 Å². The third-order valence-electron chi connectivity index (χ3n) is 3.49. The highest BCUT2D eigenvalue weighted by Gasteiger charge is 2.24. The largest absolute Gasteiger partial charge is 0.350 e. The molecule has 0 saturated carbocycles. The zero-order chi connectivity index (χ0) is 14.3. The van der Waals surface area contributed by atoms with E-state index in [1.165, 1.54) is 0 Å². The smallest absolute Gasteiger partial charge is 0.220 e. The minimum absolute atomic E-state index is 0.0841. The van der Waals surface area contributed by atoms with E-state index in [2.05, 4.69) is 36.1 Å². The van der Waals surface area contributed by atoms with Crippen molar-refractivity contribution in [1.29, 1.82) is 0 Å². The Morgan fingerprint density at radius 3 is 2.74 bits per heavy atom. The number of hydrogen-bond acceptors (Lipinski definition) is 3. The number of carbonyl (C=O) groups excluding carboxylic acids is 1. The van der Waals surface area contributed by atoms with Gasteiger partial charge in [0.15, 0.2) is 0 Å². The molecule has 0 spiro atoms. The zero-order valence-corrected chi connectivity index (χ0v) is 12.2.